The van der Waals surface area contributed by atoms with Gasteiger partial charge in [-0.15, -0.1) is 0 Å². The van der Waals surface area contributed by atoms with Crippen LogP contribution in [-0.2, 0) is 9.53 Å². The zero-order valence-corrected chi connectivity index (χ0v) is 11.0. The van der Waals surface area contributed by atoms with Crippen molar-refractivity contribution in [3.05, 3.63) is 0 Å². The summed E-state index contributed by atoms with van der Waals surface area (Å²) in [6.07, 6.45) is 1.43. The standard InChI is InChI=1S/C12H26N2O2/c1-9(2)5-11(7-13)14-12(15)6-10(3)8-16-4/h9-11H,5-8,13H2,1-4H3,(H,14,15). The lowest BCUT2D eigenvalue weighted by Crippen LogP contribution is -2.41. The Balaban J connectivity index is 3.91. The van der Waals surface area contributed by atoms with Gasteiger partial charge in [0.05, 0.1) is 0 Å². The predicted octanol–water partition coefficient (Wildman–Crippen LogP) is 1.15. The highest BCUT2D eigenvalue weighted by Gasteiger charge is 2.14. The highest BCUT2D eigenvalue weighted by Crippen LogP contribution is 2.06. The van der Waals surface area contributed by atoms with Gasteiger partial charge in [-0.2, -0.15) is 0 Å². The number of hydrogen-bond donors (Lipinski definition) is 2. The topological polar surface area (TPSA) is 64.3 Å². The molecule has 4 heteroatoms. The molecule has 4 nitrogen and oxygen atoms in total. The van der Waals surface area contributed by atoms with Crippen molar-refractivity contribution in [2.24, 2.45) is 17.6 Å². The lowest BCUT2D eigenvalue weighted by molar-refractivity contribution is -0.123. The van der Waals surface area contributed by atoms with Gasteiger partial charge in [0, 0.05) is 32.7 Å². The van der Waals surface area contributed by atoms with E-state index in [9.17, 15) is 4.79 Å². The molecule has 0 radical (unpaired) electrons. The van der Waals surface area contributed by atoms with E-state index < -0.39 is 0 Å². The third-order valence-corrected chi connectivity index (χ3v) is 2.39. The van der Waals surface area contributed by atoms with E-state index in [1.165, 1.54) is 0 Å². The molecule has 1 amide bonds. The Morgan fingerprint density at radius 1 is 1.38 bits per heavy atom. The van der Waals surface area contributed by atoms with Crippen LogP contribution < -0.4 is 11.1 Å². The fourth-order valence-corrected chi connectivity index (χ4v) is 1.73. The third kappa shape index (κ3) is 7.65. The van der Waals surface area contributed by atoms with Crippen molar-refractivity contribution in [3.8, 4) is 0 Å². The monoisotopic (exact) mass is 230 g/mol. The molecule has 0 aromatic rings. The number of nitrogens with one attached hydrogen (secondary N) is 1. The predicted molar refractivity (Wildman–Crippen MR) is 66.1 cm³/mol. The van der Waals surface area contributed by atoms with E-state index in [0.29, 0.717) is 25.5 Å². The second-order valence-corrected chi connectivity index (χ2v) is 4.89. The molecule has 0 rings (SSSR count). The molecule has 0 spiro atoms. The molecule has 0 aliphatic carbocycles. The number of nitrogens with two attached hydrogens (primary N) is 1. The van der Waals surface area contributed by atoms with Crippen LogP contribution in [-0.4, -0.2) is 32.2 Å². The van der Waals surface area contributed by atoms with E-state index in [0.717, 1.165) is 6.42 Å². The molecule has 0 aliphatic rings. The molecule has 16 heavy (non-hydrogen) atoms. The largest absolute Gasteiger partial charge is 0.384 e. The second-order valence-electron chi connectivity index (χ2n) is 4.89. The quantitative estimate of drug-likeness (QED) is 0.657. The summed E-state index contributed by atoms with van der Waals surface area (Å²) < 4.78 is 5.00. The van der Waals surface area contributed by atoms with Gasteiger partial charge in [0.15, 0.2) is 0 Å². The minimum Gasteiger partial charge on any atom is -0.384 e. The van der Waals surface area contributed by atoms with Gasteiger partial charge in [-0.05, 0) is 18.3 Å². The first-order valence-corrected chi connectivity index (χ1v) is 5.97. The number of rotatable bonds is 8. The number of amides is 1. The van der Waals surface area contributed by atoms with Crippen LogP contribution in [0.1, 0.15) is 33.6 Å². The Morgan fingerprint density at radius 2 is 2.00 bits per heavy atom. The summed E-state index contributed by atoms with van der Waals surface area (Å²) in [5.74, 6) is 0.869. The first-order valence-electron chi connectivity index (χ1n) is 5.97. The zero-order valence-electron chi connectivity index (χ0n) is 11.0. The molecule has 96 valence electrons. The summed E-state index contributed by atoms with van der Waals surface area (Å²) in [6.45, 7) is 7.38. The van der Waals surface area contributed by atoms with E-state index in [1.807, 2.05) is 6.92 Å². The normalized spacial score (nSPS) is 14.9. The van der Waals surface area contributed by atoms with Gasteiger partial charge in [0.25, 0.3) is 0 Å². The first kappa shape index (κ1) is 15.4. The van der Waals surface area contributed by atoms with Gasteiger partial charge in [0.2, 0.25) is 5.91 Å². The van der Waals surface area contributed by atoms with Crippen LogP contribution in [0.25, 0.3) is 0 Å². The van der Waals surface area contributed by atoms with Crippen molar-refractivity contribution in [1.82, 2.24) is 5.32 Å². The zero-order chi connectivity index (χ0) is 12.6. The number of carbonyl (C=O) groups excluding carboxylic acids is 1. The molecule has 0 bridgehead atoms. The summed E-state index contributed by atoms with van der Waals surface area (Å²) in [7, 11) is 1.65. The Bertz CT molecular complexity index is 195. The lowest BCUT2D eigenvalue weighted by atomic mass is 10.0. The summed E-state index contributed by atoms with van der Waals surface area (Å²) in [5, 5.41) is 2.97. The molecule has 0 fully saturated rings. The van der Waals surface area contributed by atoms with E-state index >= 15 is 0 Å². The van der Waals surface area contributed by atoms with Crippen LogP contribution in [0.5, 0.6) is 0 Å². The molecule has 0 saturated carbocycles. The van der Waals surface area contributed by atoms with E-state index in [1.54, 1.807) is 7.11 Å². The number of carbonyl (C=O) groups is 1. The molecule has 0 saturated heterocycles. The molecule has 2 atom stereocenters. The smallest absolute Gasteiger partial charge is 0.220 e. The number of ether oxygens (including phenoxy) is 1. The second kappa shape index (κ2) is 8.53. The maximum atomic E-state index is 11.7. The van der Waals surface area contributed by atoms with Crippen molar-refractivity contribution in [2.45, 2.75) is 39.7 Å². The van der Waals surface area contributed by atoms with Crippen molar-refractivity contribution >= 4 is 5.91 Å². The van der Waals surface area contributed by atoms with Gasteiger partial charge in [-0.25, -0.2) is 0 Å². The van der Waals surface area contributed by atoms with Gasteiger partial charge in [-0.3, -0.25) is 4.79 Å². The maximum absolute atomic E-state index is 11.7. The average molecular weight is 230 g/mol. The van der Waals surface area contributed by atoms with Crippen LogP contribution in [0.3, 0.4) is 0 Å². The van der Waals surface area contributed by atoms with Gasteiger partial charge < -0.3 is 15.8 Å². The van der Waals surface area contributed by atoms with Crippen molar-refractivity contribution in [1.29, 1.82) is 0 Å². The highest BCUT2D eigenvalue weighted by atomic mass is 16.5. The van der Waals surface area contributed by atoms with E-state index in [-0.39, 0.29) is 17.9 Å². The van der Waals surface area contributed by atoms with Gasteiger partial charge in [0.1, 0.15) is 0 Å². The fourth-order valence-electron chi connectivity index (χ4n) is 1.73. The van der Waals surface area contributed by atoms with E-state index in [4.69, 9.17) is 10.5 Å². The van der Waals surface area contributed by atoms with Crippen LogP contribution in [0, 0.1) is 11.8 Å². The Labute approximate surface area is 98.9 Å². The number of methoxy groups -OCH3 is 1. The van der Waals surface area contributed by atoms with Crippen molar-refractivity contribution < 1.29 is 9.53 Å². The maximum Gasteiger partial charge on any atom is 0.220 e. The minimum atomic E-state index is 0.0700. The van der Waals surface area contributed by atoms with Crippen LogP contribution in [0.4, 0.5) is 0 Å². The van der Waals surface area contributed by atoms with Crippen LogP contribution >= 0.6 is 0 Å². The number of hydrogen-bond acceptors (Lipinski definition) is 3. The molecule has 3 N–H and O–H groups in total. The summed E-state index contributed by atoms with van der Waals surface area (Å²) in [5.41, 5.74) is 5.62. The van der Waals surface area contributed by atoms with Gasteiger partial charge in [-0.1, -0.05) is 20.8 Å². The average Bonchev–Trinajstić information content (AvgIpc) is 2.15. The minimum absolute atomic E-state index is 0.0700. The van der Waals surface area contributed by atoms with Crippen LogP contribution in [0.15, 0.2) is 0 Å². The summed E-state index contributed by atoms with van der Waals surface area (Å²) >= 11 is 0. The van der Waals surface area contributed by atoms with E-state index in [2.05, 4.69) is 19.2 Å². The third-order valence-electron chi connectivity index (χ3n) is 2.39. The SMILES string of the molecule is COCC(C)CC(=O)NC(CN)CC(C)C. The van der Waals surface area contributed by atoms with Crippen molar-refractivity contribution in [3.63, 3.8) is 0 Å². The molecule has 2 unspecified atom stereocenters. The van der Waals surface area contributed by atoms with Gasteiger partial charge >= 0.3 is 0 Å². The highest BCUT2D eigenvalue weighted by molar-refractivity contribution is 5.76. The first-order chi connectivity index (χ1) is 7.49. The molecule has 0 aromatic heterocycles. The Morgan fingerprint density at radius 3 is 2.44 bits per heavy atom. The Kier molecular flexibility index (Phi) is 8.21. The summed E-state index contributed by atoms with van der Waals surface area (Å²) in [6, 6.07) is 0.0993. The fraction of sp³-hybridized carbons (Fsp3) is 0.917. The molecule has 0 aliphatic heterocycles. The van der Waals surface area contributed by atoms with Crippen molar-refractivity contribution in [2.75, 3.05) is 20.3 Å². The lowest BCUT2D eigenvalue weighted by Gasteiger charge is -2.19. The Hall–Kier alpha value is -0.610. The summed E-state index contributed by atoms with van der Waals surface area (Å²) in [4.78, 5) is 11.7. The molecule has 0 aromatic carbocycles. The van der Waals surface area contributed by atoms with Crippen LogP contribution in [0.2, 0.25) is 0 Å². The molecule has 0 heterocycles. The molecular weight excluding hydrogens is 204 g/mol. The molecular formula is C12H26N2O2.